The van der Waals surface area contributed by atoms with E-state index in [0.29, 0.717) is 5.52 Å². The highest BCUT2D eigenvalue weighted by atomic mass is 16.4. The number of nitrogens with zero attached hydrogens (tertiary/aromatic N) is 1. The number of hydrogen-bond acceptors (Lipinski definition) is 2. The predicted molar refractivity (Wildman–Crippen MR) is 65.3 cm³/mol. The molecule has 0 unspecified atom stereocenters. The average molecular weight is 226 g/mol. The number of nitrogens with one attached hydrogen (secondary N) is 1. The molecule has 0 aliphatic heterocycles. The minimum Gasteiger partial charge on any atom is -0.476 e. The van der Waals surface area contributed by atoms with Crippen LogP contribution in [0, 0.1) is 6.92 Å². The lowest BCUT2D eigenvalue weighted by molar-refractivity contribution is 0.0692. The van der Waals surface area contributed by atoms with E-state index in [1.165, 1.54) is 0 Å². The van der Waals surface area contributed by atoms with Gasteiger partial charge in [0.1, 0.15) is 0 Å². The number of carbonyl (C=O) groups is 1. The van der Waals surface area contributed by atoms with E-state index in [1.54, 1.807) is 6.20 Å². The van der Waals surface area contributed by atoms with Crippen LogP contribution < -0.4 is 0 Å². The van der Waals surface area contributed by atoms with E-state index < -0.39 is 5.97 Å². The molecule has 2 N–H and O–H groups in total. The number of H-pyrrole nitrogens is 1. The first-order valence-corrected chi connectivity index (χ1v) is 5.28. The Kier molecular flexibility index (Phi) is 1.92. The van der Waals surface area contributed by atoms with Gasteiger partial charge in [0.2, 0.25) is 0 Å². The van der Waals surface area contributed by atoms with Crippen molar-refractivity contribution in [1.29, 1.82) is 0 Å². The lowest BCUT2D eigenvalue weighted by atomic mass is 10.1. The molecule has 2 heterocycles. The van der Waals surface area contributed by atoms with Crippen LogP contribution in [0.1, 0.15) is 16.1 Å². The van der Waals surface area contributed by atoms with Crippen molar-refractivity contribution in [3.05, 3.63) is 41.7 Å². The fourth-order valence-electron chi connectivity index (χ4n) is 2.18. The molecule has 0 aliphatic carbocycles. The summed E-state index contributed by atoms with van der Waals surface area (Å²) in [6.07, 6.45) is 1.60. The molecular formula is C13H10N2O2. The number of benzene rings is 1. The number of aromatic amines is 1. The molecule has 0 atom stereocenters. The molecule has 0 amide bonds. The second-order valence-corrected chi connectivity index (χ2v) is 4.02. The molecule has 4 heteroatoms. The number of carboxylic acid groups (broad SMARTS) is 1. The third kappa shape index (κ3) is 1.30. The number of hydrogen-bond donors (Lipinski definition) is 2. The lowest BCUT2D eigenvalue weighted by Crippen LogP contribution is -2.01. The smallest absolute Gasteiger partial charge is 0.356 e. The summed E-state index contributed by atoms with van der Waals surface area (Å²) in [6.45, 7) is 1.93. The Morgan fingerprint density at radius 1 is 1.35 bits per heavy atom. The van der Waals surface area contributed by atoms with Crippen LogP contribution in [0.15, 0.2) is 30.5 Å². The van der Waals surface area contributed by atoms with Crippen molar-refractivity contribution < 1.29 is 9.90 Å². The molecule has 3 rings (SSSR count). The van der Waals surface area contributed by atoms with Gasteiger partial charge in [-0.15, -0.1) is 0 Å². The van der Waals surface area contributed by atoms with E-state index >= 15 is 0 Å². The molecule has 2 aromatic heterocycles. The van der Waals surface area contributed by atoms with Gasteiger partial charge in [0.05, 0.1) is 5.52 Å². The summed E-state index contributed by atoms with van der Waals surface area (Å²) in [7, 11) is 0. The number of aromatic carboxylic acids is 1. The van der Waals surface area contributed by atoms with Crippen molar-refractivity contribution in [2.45, 2.75) is 6.92 Å². The summed E-state index contributed by atoms with van der Waals surface area (Å²) < 4.78 is 0. The minimum absolute atomic E-state index is 0.0711. The van der Waals surface area contributed by atoms with E-state index in [-0.39, 0.29) is 5.69 Å². The SMILES string of the molecule is Cc1cnc(C(=O)O)c2[nH]c3ccccc3c12. The predicted octanol–water partition coefficient (Wildman–Crippen LogP) is 2.72. The average Bonchev–Trinajstić information content (AvgIpc) is 2.68. The molecule has 84 valence electrons. The van der Waals surface area contributed by atoms with Crippen LogP contribution in [-0.4, -0.2) is 21.0 Å². The second-order valence-electron chi connectivity index (χ2n) is 4.02. The van der Waals surface area contributed by atoms with Gasteiger partial charge in [-0.25, -0.2) is 9.78 Å². The molecular weight excluding hydrogens is 216 g/mol. The van der Waals surface area contributed by atoms with E-state index in [0.717, 1.165) is 21.9 Å². The van der Waals surface area contributed by atoms with Crippen molar-refractivity contribution in [3.8, 4) is 0 Å². The Morgan fingerprint density at radius 3 is 2.88 bits per heavy atom. The standard InChI is InChI=1S/C13H10N2O2/c1-7-6-14-12(13(16)17)11-10(7)8-4-2-3-5-9(8)15-11/h2-6,15H,1H3,(H,16,17). The Balaban J connectivity index is 2.58. The largest absolute Gasteiger partial charge is 0.476 e. The fraction of sp³-hybridized carbons (Fsp3) is 0.0769. The van der Waals surface area contributed by atoms with Gasteiger partial charge in [0.25, 0.3) is 0 Å². The Hall–Kier alpha value is -2.36. The van der Waals surface area contributed by atoms with Crippen molar-refractivity contribution in [1.82, 2.24) is 9.97 Å². The summed E-state index contributed by atoms with van der Waals surface area (Å²) in [5.74, 6) is -1.01. The first kappa shape index (κ1) is 9.84. The summed E-state index contributed by atoms with van der Waals surface area (Å²) in [4.78, 5) is 18.2. The Morgan fingerprint density at radius 2 is 2.12 bits per heavy atom. The maximum atomic E-state index is 11.1. The highest BCUT2D eigenvalue weighted by Gasteiger charge is 2.15. The van der Waals surface area contributed by atoms with Crippen LogP contribution in [0.25, 0.3) is 21.8 Å². The number of pyridine rings is 1. The number of fused-ring (bicyclic) bond motifs is 3. The zero-order valence-corrected chi connectivity index (χ0v) is 9.19. The zero-order chi connectivity index (χ0) is 12.0. The van der Waals surface area contributed by atoms with Crippen LogP contribution in [0.5, 0.6) is 0 Å². The van der Waals surface area contributed by atoms with E-state index in [4.69, 9.17) is 5.11 Å². The fourth-order valence-corrected chi connectivity index (χ4v) is 2.18. The van der Waals surface area contributed by atoms with Crippen LogP contribution >= 0.6 is 0 Å². The maximum Gasteiger partial charge on any atom is 0.356 e. The zero-order valence-electron chi connectivity index (χ0n) is 9.19. The van der Waals surface area contributed by atoms with Crippen LogP contribution in [-0.2, 0) is 0 Å². The van der Waals surface area contributed by atoms with Gasteiger partial charge in [-0.2, -0.15) is 0 Å². The highest BCUT2D eigenvalue weighted by Crippen LogP contribution is 2.29. The van der Waals surface area contributed by atoms with Crippen LogP contribution in [0.2, 0.25) is 0 Å². The molecule has 0 radical (unpaired) electrons. The molecule has 1 aromatic carbocycles. The summed E-state index contributed by atoms with van der Waals surface area (Å²) in [5, 5.41) is 11.1. The third-order valence-electron chi connectivity index (χ3n) is 2.93. The van der Waals surface area contributed by atoms with Gasteiger partial charge in [0, 0.05) is 22.5 Å². The Bertz CT molecular complexity index is 744. The first-order chi connectivity index (χ1) is 8.18. The molecule has 0 bridgehead atoms. The highest BCUT2D eigenvalue weighted by molar-refractivity contribution is 6.13. The summed E-state index contributed by atoms with van der Waals surface area (Å²) >= 11 is 0. The van der Waals surface area contributed by atoms with Gasteiger partial charge in [-0.05, 0) is 18.6 Å². The third-order valence-corrected chi connectivity index (χ3v) is 2.93. The lowest BCUT2D eigenvalue weighted by Gasteiger charge is -1.99. The summed E-state index contributed by atoms with van der Waals surface area (Å²) in [5.41, 5.74) is 2.57. The van der Waals surface area contributed by atoms with Crippen molar-refractivity contribution in [2.24, 2.45) is 0 Å². The number of carboxylic acids is 1. The maximum absolute atomic E-state index is 11.1. The van der Waals surface area contributed by atoms with Crippen LogP contribution in [0.3, 0.4) is 0 Å². The Labute approximate surface area is 96.9 Å². The van der Waals surface area contributed by atoms with Gasteiger partial charge in [-0.3, -0.25) is 0 Å². The van der Waals surface area contributed by atoms with Crippen LogP contribution in [0.4, 0.5) is 0 Å². The monoisotopic (exact) mass is 226 g/mol. The number of para-hydroxylation sites is 1. The molecule has 0 saturated carbocycles. The topological polar surface area (TPSA) is 66.0 Å². The molecule has 17 heavy (non-hydrogen) atoms. The quantitative estimate of drug-likeness (QED) is 0.670. The molecule has 4 nitrogen and oxygen atoms in total. The van der Waals surface area contributed by atoms with Gasteiger partial charge in [-0.1, -0.05) is 18.2 Å². The van der Waals surface area contributed by atoms with E-state index in [9.17, 15) is 4.79 Å². The second kappa shape index (κ2) is 3.31. The molecule has 0 saturated heterocycles. The van der Waals surface area contributed by atoms with Crippen molar-refractivity contribution >= 4 is 27.8 Å². The van der Waals surface area contributed by atoms with Crippen molar-refractivity contribution in [3.63, 3.8) is 0 Å². The van der Waals surface area contributed by atoms with E-state index in [2.05, 4.69) is 9.97 Å². The van der Waals surface area contributed by atoms with E-state index in [1.807, 2.05) is 31.2 Å². The molecule has 0 spiro atoms. The minimum atomic E-state index is -1.01. The summed E-state index contributed by atoms with van der Waals surface area (Å²) in [6, 6.07) is 7.77. The first-order valence-electron chi connectivity index (χ1n) is 5.28. The molecule has 0 fully saturated rings. The van der Waals surface area contributed by atoms with Crippen molar-refractivity contribution in [2.75, 3.05) is 0 Å². The number of aromatic nitrogens is 2. The number of rotatable bonds is 1. The normalized spacial score (nSPS) is 11.1. The molecule has 3 aromatic rings. The van der Waals surface area contributed by atoms with Gasteiger partial charge < -0.3 is 10.1 Å². The number of aryl methyl sites for hydroxylation is 1. The van der Waals surface area contributed by atoms with Gasteiger partial charge in [0.15, 0.2) is 5.69 Å². The molecule has 0 aliphatic rings. The van der Waals surface area contributed by atoms with Gasteiger partial charge >= 0.3 is 5.97 Å².